The molecule has 0 aliphatic carbocycles. The van der Waals surface area contributed by atoms with Crippen LogP contribution in [0.25, 0.3) is 0 Å². The second kappa shape index (κ2) is 12.7. The van der Waals surface area contributed by atoms with Gasteiger partial charge in [0.05, 0.1) is 0 Å². The maximum absolute atomic E-state index is 14.1. The van der Waals surface area contributed by atoms with Crippen LogP contribution in [0.3, 0.4) is 0 Å². The summed E-state index contributed by atoms with van der Waals surface area (Å²) in [6, 6.07) is 11.6. The Morgan fingerprint density at radius 2 is 1.49 bits per heavy atom. The number of carbonyl (C=O) groups is 3. The number of benzene rings is 2. The second-order valence-corrected chi connectivity index (χ2v) is 10.6. The van der Waals surface area contributed by atoms with Crippen LogP contribution in [-0.4, -0.2) is 41.0 Å². The molecule has 202 valence electrons. The first-order valence-corrected chi connectivity index (χ1v) is 13.0. The number of amides is 3. The zero-order chi connectivity index (χ0) is 27.9. The van der Waals surface area contributed by atoms with E-state index in [2.05, 4.69) is 10.6 Å². The summed E-state index contributed by atoms with van der Waals surface area (Å²) in [6.07, 6.45) is 0.00271. The van der Waals surface area contributed by atoms with Crippen molar-refractivity contribution in [3.8, 4) is 0 Å². The van der Waals surface area contributed by atoms with E-state index in [1.807, 2.05) is 84.0 Å². The van der Waals surface area contributed by atoms with Crippen molar-refractivity contribution < 1.29 is 19.1 Å². The third-order valence-corrected chi connectivity index (χ3v) is 6.55. The van der Waals surface area contributed by atoms with Crippen LogP contribution < -0.4 is 10.6 Å². The van der Waals surface area contributed by atoms with Crippen molar-refractivity contribution in [2.45, 2.75) is 86.4 Å². The summed E-state index contributed by atoms with van der Waals surface area (Å²) in [7, 11) is 0. The number of aryl methyl sites for hydroxylation is 3. The maximum Gasteiger partial charge on any atom is 0.408 e. The molecule has 3 amide bonds. The van der Waals surface area contributed by atoms with Gasteiger partial charge < -0.3 is 20.3 Å². The normalized spacial score (nSPS) is 13.8. The van der Waals surface area contributed by atoms with Crippen molar-refractivity contribution in [2.75, 3.05) is 11.9 Å². The molecule has 2 aromatic carbocycles. The molecule has 7 heteroatoms. The molecule has 0 fully saturated rings. The quantitative estimate of drug-likeness (QED) is 0.429. The Morgan fingerprint density at radius 3 is 2.00 bits per heavy atom. The Morgan fingerprint density at radius 1 is 0.919 bits per heavy atom. The summed E-state index contributed by atoms with van der Waals surface area (Å²) < 4.78 is 5.45. The molecular formula is C30H43N3O4. The van der Waals surface area contributed by atoms with Gasteiger partial charge in [-0.25, -0.2) is 4.79 Å². The number of alkyl carbamates (subject to hydrolysis) is 1. The molecule has 3 unspecified atom stereocenters. The van der Waals surface area contributed by atoms with Crippen molar-refractivity contribution in [3.63, 3.8) is 0 Å². The summed E-state index contributed by atoms with van der Waals surface area (Å²) in [4.78, 5) is 42.3. The molecular weight excluding hydrogens is 466 g/mol. The van der Waals surface area contributed by atoms with Crippen molar-refractivity contribution in [2.24, 2.45) is 5.92 Å². The number of nitrogens with zero attached hydrogens (tertiary/aromatic N) is 1. The van der Waals surface area contributed by atoms with Gasteiger partial charge in [-0.1, -0.05) is 56.7 Å². The van der Waals surface area contributed by atoms with E-state index in [1.54, 1.807) is 25.7 Å². The monoisotopic (exact) mass is 509 g/mol. The number of anilines is 1. The Balaban J connectivity index is 2.55. The van der Waals surface area contributed by atoms with E-state index in [9.17, 15) is 14.4 Å². The average Bonchev–Trinajstić information content (AvgIpc) is 2.81. The first-order chi connectivity index (χ1) is 17.3. The number of carbonyl (C=O) groups excluding carboxylic acids is 3. The van der Waals surface area contributed by atoms with Crippen LogP contribution in [0.1, 0.15) is 76.3 Å². The van der Waals surface area contributed by atoms with E-state index in [1.165, 1.54) is 0 Å². The molecule has 0 spiro atoms. The van der Waals surface area contributed by atoms with Crippen LogP contribution in [0, 0.1) is 26.7 Å². The van der Waals surface area contributed by atoms with E-state index in [4.69, 9.17) is 4.74 Å². The lowest BCUT2D eigenvalue weighted by molar-refractivity contribution is -0.141. The third kappa shape index (κ3) is 7.81. The number of likely N-dealkylation sites (N-methyl/N-ethyl adjacent to an activating group) is 1. The average molecular weight is 510 g/mol. The Hall–Kier alpha value is -3.35. The van der Waals surface area contributed by atoms with Crippen molar-refractivity contribution in [1.82, 2.24) is 10.2 Å². The van der Waals surface area contributed by atoms with E-state index in [0.717, 1.165) is 22.3 Å². The highest BCUT2D eigenvalue weighted by Crippen LogP contribution is 2.30. The fourth-order valence-corrected chi connectivity index (χ4v) is 4.36. The third-order valence-electron chi connectivity index (χ3n) is 6.55. The van der Waals surface area contributed by atoms with Crippen molar-refractivity contribution in [3.05, 3.63) is 64.7 Å². The fourth-order valence-electron chi connectivity index (χ4n) is 4.36. The van der Waals surface area contributed by atoms with Gasteiger partial charge in [0, 0.05) is 12.2 Å². The molecule has 2 rings (SSSR count). The number of nitrogens with one attached hydrogen (secondary N) is 2. The van der Waals surface area contributed by atoms with Gasteiger partial charge >= 0.3 is 6.09 Å². The largest absolute Gasteiger partial charge is 0.444 e. The predicted octanol–water partition coefficient (Wildman–Crippen LogP) is 6.08. The highest BCUT2D eigenvalue weighted by molar-refractivity contribution is 5.99. The highest BCUT2D eigenvalue weighted by Gasteiger charge is 2.38. The molecule has 0 aliphatic rings. The fraction of sp³-hybridized carbons (Fsp3) is 0.500. The van der Waals surface area contributed by atoms with Gasteiger partial charge in [0.1, 0.15) is 17.7 Å². The molecule has 2 N–H and O–H groups in total. The summed E-state index contributed by atoms with van der Waals surface area (Å²) in [5, 5.41) is 5.83. The van der Waals surface area contributed by atoms with Crippen LogP contribution in [-0.2, 0) is 14.3 Å². The van der Waals surface area contributed by atoms with E-state index in [-0.39, 0.29) is 24.3 Å². The summed E-state index contributed by atoms with van der Waals surface area (Å²) in [5.41, 5.74) is 3.52. The van der Waals surface area contributed by atoms with Gasteiger partial charge in [0.25, 0.3) is 5.91 Å². The Kier molecular flexibility index (Phi) is 10.3. The van der Waals surface area contributed by atoms with Crippen LogP contribution >= 0.6 is 0 Å². The highest BCUT2D eigenvalue weighted by atomic mass is 16.6. The molecule has 2 aromatic rings. The van der Waals surface area contributed by atoms with Crippen LogP contribution in [0.4, 0.5) is 10.5 Å². The standard InChI is InChI=1S/C30H43N3O4/c1-10-19(3)25(32-29(36)37-30(7,8)9)28(35)33(11-2)26(24-21(5)16-14-17-22(24)6)27(34)31-23-18-13-12-15-20(23)4/h12-19,25-26H,10-11H2,1-9H3,(H,31,34)(H,32,36). The summed E-state index contributed by atoms with van der Waals surface area (Å²) in [5.74, 6) is -0.801. The smallest absolute Gasteiger partial charge is 0.408 e. The van der Waals surface area contributed by atoms with Gasteiger partial charge in [0.2, 0.25) is 5.91 Å². The molecule has 3 atom stereocenters. The van der Waals surface area contributed by atoms with E-state index in [0.29, 0.717) is 12.1 Å². The van der Waals surface area contributed by atoms with Crippen molar-refractivity contribution in [1.29, 1.82) is 0 Å². The number of hydrogen-bond acceptors (Lipinski definition) is 4. The molecule has 0 bridgehead atoms. The van der Waals surface area contributed by atoms with Crippen molar-refractivity contribution >= 4 is 23.6 Å². The zero-order valence-corrected chi connectivity index (χ0v) is 23.8. The molecule has 0 aromatic heterocycles. The predicted molar refractivity (Wildman–Crippen MR) is 148 cm³/mol. The number of ether oxygens (including phenoxy) is 1. The van der Waals surface area contributed by atoms with Gasteiger partial charge in [0.15, 0.2) is 0 Å². The molecule has 0 radical (unpaired) electrons. The van der Waals surface area contributed by atoms with Crippen LogP contribution in [0.2, 0.25) is 0 Å². The topological polar surface area (TPSA) is 87.7 Å². The maximum atomic E-state index is 14.1. The lowest BCUT2D eigenvalue weighted by Crippen LogP contribution is -2.54. The molecule has 37 heavy (non-hydrogen) atoms. The van der Waals surface area contributed by atoms with E-state index >= 15 is 0 Å². The number of rotatable bonds is 9. The zero-order valence-electron chi connectivity index (χ0n) is 23.8. The van der Waals surface area contributed by atoms with Gasteiger partial charge in [-0.15, -0.1) is 0 Å². The minimum atomic E-state index is -0.884. The number of para-hydroxylation sites is 1. The first kappa shape index (κ1) is 29.9. The summed E-state index contributed by atoms with van der Waals surface area (Å²) in [6.45, 7) is 17.1. The Labute approximate surface area is 222 Å². The lowest BCUT2D eigenvalue weighted by Gasteiger charge is -2.36. The number of hydrogen-bond donors (Lipinski definition) is 2. The van der Waals surface area contributed by atoms with E-state index < -0.39 is 23.8 Å². The summed E-state index contributed by atoms with van der Waals surface area (Å²) >= 11 is 0. The minimum absolute atomic E-state index is 0.174. The molecule has 7 nitrogen and oxygen atoms in total. The van der Waals surface area contributed by atoms with Crippen LogP contribution in [0.5, 0.6) is 0 Å². The molecule has 0 heterocycles. The first-order valence-electron chi connectivity index (χ1n) is 13.0. The SMILES string of the molecule is CCC(C)C(NC(=O)OC(C)(C)C)C(=O)N(CC)C(C(=O)Nc1ccccc1C)c1c(C)cccc1C. The second-order valence-electron chi connectivity index (χ2n) is 10.6. The van der Waals surface area contributed by atoms with Gasteiger partial charge in [-0.05, 0) is 82.7 Å². The molecule has 0 saturated carbocycles. The lowest BCUT2D eigenvalue weighted by atomic mass is 9.92. The minimum Gasteiger partial charge on any atom is -0.444 e. The van der Waals surface area contributed by atoms with Gasteiger partial charge in [-0.2, -0.15) is 0 Å². The molecule has 0 aliphatic heterocycles. The van der Waals surface area contributed by atoms with Gasteiger partial charge in [-0.3, -0.25) is 9.59 Å². The van der Waals surface area contributed by atoms with Crippen LogP contribution in [0.15, 0.2) is 42.5 Å². The Bertz CT molecular complexity index is 1090. The molecule has 0 saturated heterocycles.